The molecule has 16 heavy (non-hydrogen) atoms. The van der Waals surface area contributed by atoms with Crippen molar-refractivity contribution >= 4 is 5.97 Å². The van der Waals surface area contributed by atoms with Gasteiger partial charge in [0.15, 0.2) is 0 Å². The summed E-state index contributed by atoms with van der Waals surface area (Å²) in [6, 6.07) is 0.319. The second-order valence-corrected chi connectivity index (χ2v) is 5.55. The van der Waals surface area contributed by atoms with Crippen LogP contribution >= 0.6 is 0 Å². The van der Waals surface area contributed by atoms with E-state index in [0.717, 1.165) is 19.4 Å². The molecular weight excluding hydrogens is 206 g/mol. The number of rotatable bonds is 3. The summed E-state index contributed by atoms with van der Waals surface area (Å²) in [4.78, 5) is 13.0. The third-order valence-electron chi connectivity index (χ3n) is 3.07. The Morgan fingerprint density at radius 2 is 2.12 bits per heavy atom. The first-order valence-electron chi connectivity index (χ1n) is 5.91. The van der Waals surface area contributed by atoms with Gasteiger partial charge in [-0.25, -0.2) is 0 Å². The second kappa shape index (κ2) is 5.15. The minimum Gasteiger partial charge on any atom is -0.480 e. The predicted octanol–water partition coefficient (Wildman–Crippen LogP) is 1.74. The fraction of sp³-hybridized carbons (Fsp3) is 0.917. The number of nitrogens with zero attached hydrogens (tertiary/aromatic N) is 1. The number of carboxylic acids is 1. The molecule has 0 saturated carbocycles. The average molecular weight is 229 g/mol. The molecule has 0 aromatic carbocycles. The molecule has 0 spiro atoms. The SMILES string of the molecule is CC1CC(N(CC(=O)O)C(C)(C)C)CCO1. The van der Waals surface area contributed by atoms with Crippen molar-refractivity contribution in [1.82, 2.24) is 4.90 Å². The van der Waals surface area contributed by atoms with Crippen molar-refractivity contribution in [3.05, 3.63) is 0 Å². The predicted molar refractivity (Wildman–Crippen MR) is 62.5 cm³/mol. The zero-order valence-corrected chi connectivity index (χ0v) is 10.7. The molecule has 1 aliphatic heterocycles. The summed E-state index contributed by atoms with van der Waals surface area (Å²) in [6.07, 6.45) is 2.08. The first kappa shape index (κ1) is 13.5. The lowest BCUT2D eigenvalue weighted by Crippen LogP contribution is -2.53. The van der Waals surface area contributed by atoms with Gasteiger partial charge in [0.25, 0.3) is 0 Å². The van der Waals surface area contributed by atoms with E-state index in [4.69, 9.17) is 9.84 Å². The van der Waals surface area contributed by atoms with Gasteiger partial charge in [-0.15, -0.1) is 0 Å². The lowest BCUT2D eigenvalue weighted by atomic mass is 9.96. The van der Waals surface area contributed by atoms with E-state index in [1.807, 2.05) is 6.92 Å². The molecule has 1 heterocycles. The van der Waals surface area contributed by atoms with Crippen LogP contribution in [0.4, 0.5) is 0 Å². The van der Waals surface area contributed by atoms with Gasteiger partial charge in [-0.1, -0.05) is 0 Å². The maximum atomic E-state index is 10.9. The summed E-state index contributed by atoms with van der Waals surface area (Å²) in [5.74, 6) is -0.755. The van der Waals surface area contributed by atoms with Crippen molar-refractivity contribution in [2.75, 3.05) is 13.2 Å². The van der Waals surface area contributed by atoms with Gasteiger partial charge in [-0.05, 0) is 40.5 Å². The normalized spacial score (nSPS) is 27.1. The number of carbonyl (C=O) groups is 1. The topological polar surface area (TPSA) is 49.8 Å². The number of hydrogen-bond acceptors (Lipinski definition) is 3. The van der Waals surface area contributed by atoms with Crippen LogP contribution < -0.4 is 0 Å². The lowest BCUT2D eigenvalue weighted by Gasteiger charge is -2.43. The molecule has 2 atom stereocenters. The average Bonchev–Trinajstić information content (AvgIpc) is 2.12. The zero-order valence-electron chi connectivity index (χ0n) is 10.7. The molecule has 4 heteroatoms. The van der Waals surface area contributed by atoms with Gasteiger partial charge < -0.3 is 9.84 Å². The summed E-state index contributed by atoms with van der Waals surface area (Å²) < 4.78 is 5.50. The quantitative estimate of drug-likeness (QED) is 0.801. The standard InChI is InChI=1S/C12H23NO3/c1-9-7-10(5-6-16-9)13(8-11(14)15)12(2,3)4/h9-10H,5-8H2,1-4H3,(H,14,15). The van der Waals surface area contributed by atoms with Gasteiger partial charge in [0.2, 0.25) is 0 Å². The van der Waals surface area contributed by atoms with Crippen LogP contribution in [0.3, 0.4) is 0 Å². The van der Waals surface area contributed by atoms with E-state index in [1.165, 1.54) is 0 Å². The van der Waals surface area contributed by atoms with E-state index in [0.29, 0.717) is 6.04 Å². The minimum absolute atomic E-state index is 0.111. The molecule has 94 valence electrons. The van der Waals surface area contributed by atoms with E-state index >= 15 is 0 Å². The molecule has 0 aromatic rings. The lowest BCUT2D eigenvalue weighted by molar-refractivity contribution is -0.142. The minimum atomic E-state index is -0.755. The Kier molecular flexibility index (Phi) is 4.33. The van der Waals surface area contributed by atoms with Crippen LogP contribution in [-0.2, 0) is 9.53 Å². The number of hydrogen-bond donors (Lipinski definition) is 1. The highest BCUT2D eigenvalue weighted by atomic mass is 16.5. The van der Waals surface area contributed by atoms with E-state index in [2.05, 4.69) is 25.7 Å². The Bertz CT molecular complexity index is 247. The molecule has 0 aliphatic carbocycles. The Balaban J connectivity index is 2.71. The highest BCUT2D eigenvalue weighted by Crippen LogP contribution is 2.25. The van der Waals surface area contributed by atoms with Crippen LogP contribution in [-0.4, -0.2) is 46.8 Å². The molecule has 1 fully saturated rings. The van der Waals surface area contributed by atoms with Crippen molar-refractivity contribution in [1.29, 1.82) is 0 Å². The van der Waals surface area contributed by atoms with Gasteiger partial charge in [0.1, 0.15) is 0 Å². The van der Waals surface area contributed by atoms with E-state index in [-0.39, 0.29) is 18.2 Å². The molecule has 0 amide bonds. The van der Waals surface area contributed by atoms with Gasteiger partial charge in [0.05, 0.1) is 12.6 Å². The molecule has 0 radical (unpaired) electrons. The van der Waals surface area contributed by atoms with Crippen LogP contribution in [0.25, 0.3) is 0 Å². The number of ether oxygens (including phenoxy) is 1. The summed E-state index contributed by atoms with van der Waals surface area (Å²) in [6.45, 7) is 9.09. The Morgan fingerprint density at radius 1 is 1.50 bits per heavy atom. The molecule has 0 aromatic heterocycles. The van der Waals surface area contributed by atoms with Gasteiger partial charge >= 0.3 is 5.97 Å². The van der Waals surface area contributed by atoms with Crippen molar-refractivity contribution in [2.24, 2.45) is 0 Å². The van der Waals surface area contributed by atoms with E-state index < -0.39 is 5.97 Å². The second-order valence-electron chi connectivity index (χ2n) is 5.55. The van der Waals surface area contributed by atoms with Crippen LogP contribution in [0.2, 0.25) is 0 Å². The monoisotopic (exact) mass is 229 g/mol. The Labute approximate surface area is 97.6 Å². The maximum Gasteiger partial charge on any atom is 0.317 e. The Hall–Kier alpha value is -0.610. The van der Waals surface area contributed by atoms with Gasteiger partial charge in [0, 0.05) is 18.2 Å². The van der Waals surface area contributed by atoms with Crippen molar-refractivity contribution < 1.29 is 14.6 Å². The molecule has 0 bridgehead atoms. The van der Waals surface area contributed by atoms with E-state index in [9.17, 15) is 4.79 Å². The fourth-order valence-corrected chi connectivity index (χ4v) is 2.32. The van der Waals surface area contributed by atoms with Crippen molar-refractivity contribution in [2.45, 2.75) is 58.2 Å². The molecule has 2 unspecified atom stereocenters. The molecule has 1 rings (SSSR count). The summed E-state index contributed by atoms with van der Waals surface area (Å²) in [5, 5.41) is 8.97. The third-order valence-corrected chi connectivity index (χ3v) is 3.07. The fourth-order valence-electron chi connectivity index (χ4n) is 2.32. The van der Waals surface area contributed by atoms with Crippen molar-refractivity contribution in [3.8, 4) is 0 Å². The zero-order chi connectivity index (χ0) is 12.3. The smallest absolute Gasteiger partial charge is 0.317 e. The van der Waals surface area contributed by atoms with Crippen molar-refractivity contribution in [3.63, 3.8) is 0 Å². The highest BCUT2D eigenvalue weighted by molar-refractivity contribution is 5.69. The van der Waals surface area contributed by atoms with Gasteiger partial charge in [-0.3, -0.25) is 9.69 Å². The third kappa shape index (κ3) is 3.76. The van der Waals surface area contributed by atoms with Crippen LogP contribution in [0, 0.1) is 0 Å². The summed E-state index contributed by atoms with van der Waals surface area (Å²) >= 11 is 0. The largest absolute Gasteiger partial charge is 0.480 e. The van der Waals surface area contributed by atoms with Crippen LogP contribution in [0.15, 0.2) is 0 Å². The van der Waals surface area contributed by atoms with Gasteiger partial charge in [-0.2, -0.15) is 0 Å². The van der Waals surface area contributed by atoms with E-state index in [1.54, 1.807) is 0 Å². The maximum absolute atomic E-state index is 10.9. The first-order valence-corrected chi connectivity index (χ1v) is 5.91. The number of carboxylic acid groups (broad SMARTS) is 1. The Morgan fingerprint density at radius 3 is 2.56 bits per heavy atom. The number of aliphatic carboxylic acids is 1. The summed E-state index contributed by atoms with van der Waals surface area (Å²) in [5.41, 5.74) is -0.111. The highest BCUT2D eigenvalue weighted by Gasteiger charge is 2.33. The van der Waals surface area contributed by atoms with Crippen LogP contribution in [0.5, 0.6) is 0 Å². The molecule has 1 N–H and O–H groups in total. The molecule has 4 nitrogen and oxygen atoms in total. The molecule has 1 aliphatic rings. The summed E-state index contributed by atoms with van der Waals surface area (Å²) in [7, 11) is 0. The molecular formula is C12H23NO3. The van der Waals surface area contributed by atoms with Crippen LogP contribution in [0.1, 0.15) is 40.5 Å². The molecule has 1 saturated heterocycles. The first-order chi connectivity index (χ1) is 7.30.